The van der Waals surface area contributed by atoms with Crippen LogP contribution in [0.15, 0.2) is 21.8 Å². The molecule has 19 heteroatoms. The molecule has 1 fully saturated rings. The summed E-state index contributed by atoms with van der Waals surface area (Å²) in [5, 5.41) is 16.7. The van der Waals surface area contributed by atoms with Crippen LogP contribution in [0.5, 0.6) is 0 Å². The number of amides is 2. The molecule has 0 bridgehead atoms. The molecular formula is C26H37N9O7S3. The van der Waals surface area contributed by atoms with Crippen molar-refractivity contribution in [2.24, 2.45) is 5.92 Å². The van der Waals surface area contributed by atoms with E-state index >= 15 is 0 Å². The van der Waals surface area contributed by atoms with Gasteiger partial charge in [-0.05, 0) is 36.0 Å². The molecule has 1 saturated heterocycles. The first kappa shape index (κ1) is 34.5. The summed E-state index contributed by atoms with van der Waals surface area (Å²) in [5.74, 6) is -0.911. The third-order valence-electron chi connectivity index (χ3n) is 6.82. The van der Waals surface area contributed by atoms with Crippen LogP contribution < -0.4 is 11.1 Å². The number of carbonyl (C=O) groups is 4. The van der Waals surface area contributed by atoms with Gasteiger partial charge in [-0.1, -0.05) is 32.0 Å². The lowest BCUT2D eigenvalue weighted by molar-refractivity contribution is -0.169. The molecule has 0 saturated carbocycles. The van der Waals surface area contributed by atoms with Gasteiger partial charge in [0.05, 0.1) is 25.3 Å². The quantitative estimate of drug-likeness (QED) is 0.118. The Morgan fingerprint density at radius 2 is 2.04 bits per heavy atom. The van der Waals surface area contributed by atoms with Crippen molar-refractivity contribution in [1.29, 1.82) is 0 Å². The number of likely N-dealkylation sites (N-methyl/N-ethyl adjacent to an activating group) is 1. The number of thiazole rings is 1. The first-order chi connectivity index (χ1) is 21.5. The highest BCUT2D eigenvalue weighted by Crippen LogP contribution is 2.42. The van der Waals surface area contributed by atoms with Gasteiger partial charge in [-0.2, -0.15) is 0 Å². The predicted molar refractivity (Wildman–Crippen MR) is 167 cm³/mol. The van der Waals surface area contributed by atoms with E-state index in [0.717, 1.165) is 13.0 Å². The molecule has 2 amide bonds. The fourth-order valence-corrected chi connectivity index (χ4v) is 7.14. The van der Waals surface area contributed by atoms with Crippen LogP contribution in [0.2, 0.25) is 0 Å². The fraction of sp³-hybridized carbons (Fsp3) is 0.615. The van der Waals surface area contributed by atoms with E-state index in [4.69, 9.17) is 19.9 Å². The minimum absolute atomic E-state index is 0.0322. The van der Waals surface area contributed by atoms with Gasteiger partial charge in [0.15, 0.2) is 5.13 Å². The average molecular weight is 684 g/mol. The Balaban J connectivity index is 1.47. The first-order valence-electron chi connectivity index (χ1n) is 14.2. The average Bonchev–Trinajstić information content (AvgIpc) is 3.63. The second kappa shape index (κ2) is 15.7. The number of nitrogens with two attached hydrogens (primary N) is 1. The van der Waals surface area contributed by atoms with E-state index in [1.807, 2.05) is 32.8 Å². The van der Waals surface area contributed by atoms with Crippen molar-refractivity contribution < 1.29 is 33.4 Å². The van der Waals surface area contributed by atoms with Crippen molar-refractivity contribution in [1.82, 2.24) is 40.3 Å². The van der Waals surface area contributed by atoms with Crippen LogP contribution in [0.1, 0.15) is 32.9 Å². The van der Waals surface area contributed by atoms with Gasteiger partial charge in [-0.25, -0.2) is 19.3 Å². The molecule has 4 atom stereocenters. The maximum Gasteiger partial charge on any atom is 0.511 e. The van der Waals surface area contributed by atoms with Gasteiger partial charge in [0.1, 0.15) is 17.1 Å². The van der Waals surface area contributed by atoms with Crippen LogP contribution in [-0.4, -0.2) is 115 Å². The molecule has 0 aromatic carbocycles. The molecule has 0 spiro atoms. The zero-order valence-corrected chi connectivity index (χ0v) is 28.1. The number of ether oxygens (including phenoxy) is 3. The van der Waals surface area contributed by atoms with Gasteiger partial charge in [-0.3, -0.25) is 14.5 Å². The van der Waals surface area contributed by atoms with Crippen LogP contribution >= 0.6 is 34.9 Å². The molecule has 3 N–H and O–H groups in total. The summed E-state index contributed by atoms with van der Waals surface area (Å²) in [4.78, 5) is 59.2. The van der Waals surface area contributed by atoms with E-state index in [2.05, 4.69) is 25.8 Å². The van der Waals surface area contributed by atoms with Gasteiger partial charge >= 0.3 is 12.1 Å². The molecule has 2 aromatic heterocycles. The molecule has 2 unspecified atom stereocenters. The molecule has 16 nitrogen and oxygen atoms in total. The minimum atomic E-state index is -1.29. The number of fused-ring (bicyclic) bond motifs is 1. The Hall–Kier alpha value is -3.42. The summed E-state index contributed by atoms with van der Waals surface area (Å²) < 4.78 is 17.3. The number of thioether (sulfide) groups is 2. The Morgan fingerprint density at radius 1 is 1.27 bits per heavy atom. The molecule has 2 aliphatic rings. The zero-order valence-electron chi connectivity index (χ0n) is 25.6. The van der Waals surface area contributed by atoms with E-state index in [0.29, 0.717) is 33.9 Å². The van der Waals surface area contributed by atoms with Gasteiger partial charge < -0.3 is 30.2 Å². The molecule has 2 aliphatic heterocycles. The summed E-state index contributed by atoms with van der Waals surface area (Å²) in [6, 6.07) is -0.849. The maximum absolute atomic E-state index is 13.5. The molecule has 45 heavy (non-hydrogen) atoms. The SMILES string of the molecule is CCC(C)COC(=O)OC(C)OC(=O)C1=C(CSc2nnnn2CCN(C)C)CS[C@@H]2[C@H](NC(=O)Cc3csc(N)n3)C(=O)N12. The second-order valence-corrected chi connectivity index (χ2v) is 13.6. The maximum atomic E-state index is 13.5. The standard InChI is InChI=1S/C26H37N9O7S3/c1-6-14(2)10-40-26(39)42-15(3)41-23(38)20-16(12-45-25-30-31-32-34(25)8-7-33(4)5)11-43-22-19(21(37)35(20)22)29-18(36)9-17-13-44-24(27)28-17/h13-15,19,22H,6-12H2,1-5H3,(H2,27,28)(H,29,36)/t14?,15?,19-,22-/m1/s1. The Labute approximate surface area is 272 Å². The number of anilines is 1. The van der Waals surface area contributed by atoms with E-state index in [1.54, 1.807) is 10.1 Å². The van der Waals surface area contributed by atoms with Crippen LogP contribution in [0.25, 0.3) is 0 Å². The van der Waals surface area contributed by atoms with Gasteiger partial charge in [0.25, 0.3) is 5.91 Å². The van der Waals surface area contributed by atoms with Crippen molar-refractivity contribution in [3.05, 3.63) is 22.3 Å². The first-order valence-corrected chi connectivity index (χ1v) is 17.1. The van der Waals surface area contributed by atoms with Crippen LogP contribution in [0.4, 0.5) is 9.93 Å². The fourth-order valence-electron chi connectivity index (χ4n) is 4.19. The topological polar surface area (TPSA) is 197 Å². The molecule has 246 valence electrons. The summed E-state index contributed by atoms with van der Waals surface area (Å²) in [6.07, 6.45) is -1.47. The number of hydrogen-bond donors (Lipinski definition) is 2. The highest BCUT2D eigenvalue weighted by Gasteiger charge is 2.54. The number of carbonyl (C=O) groups excluding carboxylic acids is 4. The Morgan fingerprint density at radius 3 is 2.73 bits per heavy atom. The minimum Gasteiger partial charge on any atom is -0.434 e. The molecule has 2 aromatic rings. The second-order valence-electron chi connectivity index (χ2n) is 10.7. The van der Waals surface area contributed by atoms with Gasteiger partial charge in [-0.15, -0.1) is 28.2 Å². The van der Waals surface area contributed by atoms with E-state index in [1.165, 1.54) is 46.7 Å². The number of hydrogen-bond acceptors (Lipinski definition) is 16. The number of tetrazole rings is 1. The predicted octanol–water partition coefficient (Wildman–Crippen LogP) is 1.35. The van der Waals surface area contributed by atoms with Crippen LogP contribution in [-0.2, 0) is 41.6 Å². The van der Waals surface area contributed by atoms with Crippen molar-refractivity contribution in [2.75, 3.05) is 44.5 Å². The number of aromatic nitrogens is 5. The van der Waals surface area contributed by atoms with Gasteiger partial charge in [0, 0.05) is 30.4 Å². The Kier molecular flexibility index (Phi) is 12.0. The van der Waals surface area contributed by atoms with Gasteiger partial charge in [0.2, 0.25) is 17.4 Å². The molecule has 0 radical (unpaired) electrons. The lowest BCUT2D eigenvalue weighted by Crippen LogP contribution is -2.70. The molecule has 0 aliphatic carbocycles. The van der Waals surface area contributed by atoms with Crippen molar-refractivity contribution in [3.63, 3.8) is 0 Å². The number of nitrogens with zero attached hydrogens (tertiary/aromatic N) is 7. The summed E-state index contributed by atoms with van der Waals surface area (Å²) in [5.41, 5.74) is 6.80. The Bertz CT molecular complexity index is 1420. The lowest BCUT2D eigenvalue weighted by atomic mass is 10.0. The number of nitrogen functional groups attached to an aromatic ring is 1. The smallest absolute Gasteiger partial charge is 0.434 e. The van der Waals surface area contributed by atoms with E-state index in [9.17, 15) is 19.2 Å². The zero-order chi connectivity index (χ0) is 32.7. The summed E-state index contributed by atoms with van der Waals surface area (Å²) in [7, 11) is 3.89. The van der Waals surface area contributed by atoms with Crippen molar-refractivity contribution in [3.8, 4) is 0 Å². The third-order valence-corrected chi connectivity index (χ3v) is 9.93. The number of nitrogens with one attached hydrogen (secondary N) is 1. The van der Waals surface area contributed by atoms with Crippen molar-refractivity contribution >= 4 is 63.9 Å². The van der Waals surface area contributed by atoms with E-state index < -0.39 is 41.6 Å². The normalized spacial score (nSPS) is 19.1. The largest absolute Gasteiger partial charge is 0.511 e. The molecule has 4 rings (SSSR count). The molecule has 4 heterocycles. The van der Waals surface area contributed by atoms with Crippen LogP contribution in [0, 0.1) is 5.92 Å². The monoisotopic (exact) mass is 683 g/mol. The summed E-state index contributed by atoms with van der Waals surface area (Å²) >= 11 is 3.95. The molecular weight excluding hydrogens is 647 g/mol. The number of rotatable bonds is 15. The van der Waals surface area contributed by atoms with E-state index in [-0.39, 0.29) is 30.4 Å². The summed E-state index contributed by atoms with van der Waals surface area (Å²) in [6.45, 7) is 6.74. The number of esters is 1. The van der Waals surface area contributed by atoms with Crippen molar-refractivity contribution in [2.45, 2.75) is 63.0 Å². The third kappa shape index (κ3) is 9.08. The lowest BCUT2D eigenvalue weighted by Gasteiger charge is -2.49. The highest BCUT2D eigenvalue weighted by atomic mass is 32.2. The number of β-lactam (4-membered cyclic amide) rings is 1. The van der Waals surface area contributed by atoms with Crippen LogP contribution in [0.3, 0.4) is 0 Å². The highest BCUT2D eigenvalue weighted by molar-refractivity contribution is 8.01.